The number of methoxy groups -OCH3 is 1. The highest BCUT2D eigenvalue weighted by atomic mass is 127. The standard InChI is InChI=1S/C18H25F2N3O2.HI/c1-3-21-18(23-8-5-14(6-9-23)17(24)25-2)22-7-4-13-10-15(19)12-16(20)11-13;/h10-12,14H,3-9H2,1-2H3,(H,21,22);1H. The number of ether oxygens (including phenoxy) is 1. The van der Waals surface area contributed by atoms with Crippen LogP contribution in [0.2, 0.25) is 0 Å². The van der Waals surface area contributed by atoms with Crippen LogP contribution < -0.4 is 5.32 Å². The highest BCUT2D eigenvalue weighted by Crippen LogP contribution is 2.18. The Labute approximate surface area is 170 Å². The van der Waals surface area contributed by atoms with Crippen LogP contribution in [0.1, 0.15) is 25.3 Å². The van der Waals surface area contributed by atoms with Crippen LogP contribution in [0.3, 0.4) is 0 Å². The Morgan fingerprint density at radius 1 is 1.27 bits per heavy atom. The van der Waals surface area contributed by atoms with Gasteiger partial charge < -0.3 is 15.0 Å². The first-order chi connectivity index (χ1) is 12.0. The van der Waals surface area contributed by atoms with Gasteiger partial charge in [-0.05, 0) is 43.9 Å². The number of guanidine groups is 1. The van der Waals surface area contributed by atoms with E-state index < -0.39 is 11.6 Å². The molecule has 0 aromatic heterocycles. The zero-order valence-electron chi connectivity index (χ0n) is 15.1. The Kier molecular flexibility index (Phi) is 9.82. The van der Waals surface area contributed by atoms with Crippen LogP contribution >= 0.6 is 24.0 Å². The molecule has 0 saturated carbocycles. The van der Waals surface area contributed by atoms with E-state index in [4.69, 9.17) is 4.74 Å². The zero-order valence-corrected chi connectivity index (χ0v) is 17.5. The zero-order chi connectivity index (χ0) is 18.2. The summed E-state index contributed by atoms with van der Waals surface area (Å²) in [4.78, 5) is 18.3. The third-order valence-electron chi connectivity index (χ3n) is 4.25. The second-order valence-electron chi connectivity index (χ2n) is 6.05. The molecule has 1 aromatic rings. The summed E-state index contributed by atoms with van der Waals surface area (Å²) in [5.74, 6) is -0.594. The molecule has 0 radical (unpaired) electrons. The number of hydrogen-bond donors (Lipinski definition) is 1. The van der Waals surface area contributed by atoms with Gasteiger partial charge in [0.15, 0.2) is 5.96 Å². The summed E-state index contributed by atoms with van der Waals surface area (Å²) in [5, 5.41) is 3.23. The molecule has 0 spiro atoms. The number of nitrogens with one attached hydrogen (secondary N) is 1. The van der Waals surface area contributed by atoms with Crippen molar-refractivity contribution in [1.82, 2.24) is 10.2 Å². The first-order valence-electron chi connectivity index (χ1n) is 8.59. The molecule has 0 bridgehead atoms. The van der Waals surface area contributed by atoms with Crippen LogP contribution in [0.5, 0.6) is 0 Å². The van der Waals surface area contributed by atoms with Gasteiger partial charge in [-0.15, -0.1) is 24.0 Å². The van der Waals surface area contributed by atoms with Gasteiger partial charge in [0.25, 0.3) is 0 Å². The van der Waals surface area contributed by atoms with Gasteiger partial charge in [0.1, 0.15) is 11.6 Å². The van der Waals surface area contributed by atoms with Crippen LogP contribution in [0.25, 0.3) is 0 Å². The number of piperidine rings is 1. The molecule has 8 heteroatoms. The smallest absolute Gasteiger partial charge is 0.308 e. The monoisotopic (exact) mass is 481 g/mol. The van der Waals surface area contributed by atoms with E-state index in [2.05, 4.69) is 15.2 Å². The number of halogens is 3. The SMILES string of the molecule is CCNC(=NCCc1cc(F)cc(F)c1)N1CCC(C(=O)OC)CC1.I. The van der Waals surface area contributed by atoms with E-state index in [1.54, 1.807) is 0 Å². The predicted molar refractivity (Wildman–Crippen MR) is 108 cm³/mol. The van der Waals surface area contributed by atoms with Crippen molar-refractivity contribution in [1.29, 1.82) is 0 Å². The molecule has 0 unspecified atom stereocenters. The highest BCUT2D eigenvalue weighted by Gasteiger charge is 2.26. The lowest BCUT2D eigenvalue weighted by molar-refractivity contribution is -0.146. The van der Waals surface area contributed by atoms with E-state index in [0.29, 0.717) is 18.5 Å². The largest absolute Gasteiger partial charge is 0.469 e. The topological polar surface area (TPSA) is 53.9 Å². The van der Waals surface area contributed by atoms with E-state index in [1.165, 1.54) is 19.2 Å². The van der Waals surface area contributed by atoms with Gasteiger partial charge in [-0.3, -0.25) is 9.79 Å². The third-order valence-corrected chi connectivity index (χ3v) is 4.25. The second kappa shape index (κ2) is 11.3. The molecule has 1 saturated heterocycles. The molecule has 1 aromatic carbocycles. The molecule has 0 atom stereocenters. The van der Waals surface area contributed by atoms with Crippen molar-refractivity contribution in [2.45, 2.75) is 26.2 Å². The third kappa shape index (κ3) is 6.69. The van der Waals surface area contributed by atoms with E-state index in [0.717, 1.165) is 44.5 Å². The Hall–Kier alpha value is -1.45. The molecule has 1 fully saturated rings. The maximum absolute atomic E-state index is 13.2. The number of nitrogens with zero attached hydrogens (tertiary/aromatic N) is 2. The van der Waals surface area contributed by atoms with Crippen molar-refractivity contribution in [3.05, 3.63) is 35.4 Å². The van der Waals surface area contributed by atoms with Gasteiger partial charge >= 0.3 is 5.97 Å². The summed E-state index contributed by atoms with van der Waals surface area (Å²) < 4.78 is 31.2. The summed E-state index contributed by atoms with van der Waals surface area (Å²) in [6.07, 6.45) is 1.92. The first kappa shape index (κ1) is 22.6. The highest BCUT2D eigenvalue weighted by molar-refractivity contribution is 14.0. The molecule has 1 aliphatic heterocycles. The van der Waals surface area contributed by atoms with Crippen molar-refractivity contribution in [2.75, 3.05) is 33.3 Å². The average Bonchev–Trinajstić information content (AvgIpc) is 2.59. The Bertz CT molecular complexity index is 600. The fourth-order valence-corrected chi connectivity index (χ4v) is 2.97. The average molecular weight is 481 g/mol. The number of esters is 1. The number of likely N-dealkylation sites (tertiary alicyclic amines) is 1. The number of hydrogen-bond acceptors (Lipinski definition) is 3. The molecule has 0 amide bonds. The van der Waals surface area contributed by atoms with Crippen molar-refractivity contribution >= 4 is 35.9 Å². The Morgan fingerprint density at radius 2 is 1.88 bits per heavy atom. The number of carbonyl (C=O) groups excluding carboxylic acids is 1. The molecule has 1 heterocycles. The minimum atomic E-state index is -0.573. The normalized spacial score (nSPS) is 15.4. The lowest BCUT2D eigenvalue weighted by atomic mass is 9.97. The summed E-state index contributed by atoms with van der Waals surface area (Å²) in [6.45, 7) is 4.59. The fraction of sp³-hybridized carbons (Fsp3) is 0.556. The minimum absolute atomic E-state index is 0. The molecule has 2 rings (SSSR count). The maximum Gasteiger partial charge on any atom is 0.308 e. The van der Waals surface area contributed by atoms with Gasteiger partial charge in [0, 0.05) is 32.2 Å². The molecule has 1 aliphatic rings. The number of aliphatic imine (C=N–C) groups is 1. The van der Waals surface area contributed by atoms with Gasteiger partial charge in [0.05, 0.1) is 13.0 Å². The summed E-state index contributed by atoms with van der Waals surface area (Å²) >= 11 is 0. The Morgan fingerprint density at radius 3 is 2.42 bits per heavy atom. The molecule has 146 valence electrons. The van der Waals surface area contributed by atoms with Crippen molar-refractivity contribution < 1.29 is 18.3 Å². The van der Waals surface area contributed by atoms with Gasteiger partial charge in [-0.1, -0.05) is 0 Å². The van der Waals surface area contributed by atoms with Gasteiger partial charge in [-0.2, -0.15) is 0 Å². The molecular formula is C18H26F2IN3O2. The van der Waals surface area contributed by atoms with E-state index in [9.17, 15) is 13.6 Å². The van der Waals surface area contributed by atoms with Crippen molar-refractivity contribution in [2.24, 2.45) is 10.9 Å². The number of carbonyl (C=O) groups is 1. The molecule has 0 aliphatic carbocycles. The summed E-state index contributed by atoms with van der Waals surface area (Å²) in [6, 6.07) is 3.52. The van der Waals surface area contributed by atoms with Gasteiger partial charge in [0.2, 0.25) is 0 Å². The van der Waals surface area contributed by atoms with E-state index in [1.807, 2.05) is 6.92 Å². The Balaban J connectivity index is 0.00000338. The second-order valence-corrected chi connectivity index (χ2v) is 6.05. The summed E-state index contributed by atoms with van der Waals surface area (Å²) in [5.41, 5.74) is 0.585. The lowest BCUT2D eigenvalue weighted by Gasteiger charge is -2.33. The maximum atomic E-state index is 13.2. The van der Waals surface area contributed by atoms with Crippen LogP contribution in [-0.4, -0.2) is 50.1 Å². The van der Waals surface area contributed by atoms with Crippen molar-refractivity contribution in [3.8, 4) is 0 Å². The molecular weight excluding hydrogens is 455 g/mol. The van der Waals surface area contributed by atoms with Crippen LogP contribution in [0, 0.1) is 17.6 Å². The lowest BCUT2D eigenvalue weighted by Crippen LogP contribution is -2.46. The molecule has 26 heavy (non-hydrogen) atoms. The number of benzene rings is 1. The first-order valence-corrected chi connectivity index (χ1v) is 8.59. The van der Waals surface area contributed by atoms with Crippen LogP contribution in [0.15, 0.2) is 23.2 Å². The molecule has 1 N–H and O–H groups in total. The predicted octanol–water partition coefficient (Wildman–Crippen LogP) is 2.98. The summed E-state index contributed by atoms with van der Waals surface area (Å²) in [7, 11) is 1.41. The minimum Gasteiger partial charge on any atom is -0.469 e. The van der Waals surface area contributed by atoms with E-state index in [-0.39, 0.29) is 35.9 Å². The van der Waals surface area contributed by atoms with Crippen LogP contribution in [-0.2, 0) is 16.0 Å². The van der Waals surface area contributed by atoms with E-state index >= 15 is 0 Å². The van der Waals surface area contributed by atoms with Crippen molar-refractivity contribution in [3.63, 3.8) is 0 Å². The van der Waals surface area contributed by atoms with Crippen LogP contribution in [0.4, 0.5) is 8.78 Å². The fourth-order valence-electron chi connectivity index (χ4n) is 2.97. The quantitative estimate of drug-likeness (QED) is 0.304. The molecule has 5 nitrogen and oxygen atoms in total. The number of rotatable bonds is 5. The van der Waals surface area contributed by atoms with Gasteiger partial charge in [-0.25, -0.2) is 8.78 Å².